The summed E-state index contributed by atoms with van der Waals surface area (Å²) in [6.07, 6.45) is 0. The van der Waals surface area contributed by atoms with E-state index < -0.39 is 0 Å². The molecule has 0 spiro atoms. The average molecular weight is 174 g/mol. The first-order chi connectivity index (χ1) is 5.15. The van der Waals surface area contributed by atoms with E-state index in [-0.39, 0.29) is 5.17 Å². The van der Waals surface area contributed by atoms with Gasteiger partial charge in [-0.3, -0.25) is 4.68 Å². The van der Waals surface area contributed by atoms with E-state index in [0.717, 1.165) is 5.69 Å². The zero-order valence-corrected chi connectivity index (χ0v) is 7.00. The van der Waals surface area contributed by atoms with Crippen LogP contribution in [-0.2, 0) is 7.05 Å². The topological polar surface area (TPSA) is 50.4 Å². The SMILES string of the molecule is Cc1cc(C(Cl)=NO)nn1C. The summed E-state index contributed by atoms with van der Waals surface area (Å²) in [6.45, 7) is 1.89. The van der Waals surface area contributed by atoms with Crippen LogP contribution in [0.15, 0.2) is 11.2 Å². The molecule has 0 amide bonds. The zero-order valence-electron chi connectivity index (χ0n) is 6.24. The fourth-order valence-electron chi connectivity index (χ4n) is 0.713. The molecule has 0 radical (unpaired) electrons. The third kappa shape index (κ3) is 1.51. The summed E-state index contributed by atoms with van der Waals surface area (Å²) in [5.41, 5.74) is 1.44. The lowest BCUT2D eigenvalue weighted by atomic mass is 10.4. The maximum absolute atomic E-state index is 8.30. The molecule has 1 heterocycles. The number of aryl methyl sites for hydroxylation is 2. The summed E-state index contributed by atoms with van der Waals surface area (Å²) >= 11 is 5.50. The van der Waals surface area contributed by atoms with Gasteiger partial charge >= 0.3 is 0 Å². The Morgan fingerprint density at radius 2 is 2.45 bits per heavy atom. The highest BCUT2D eigenvalue weighted by Crippen LogP contribution is 2.04. The highest BCUT2D eigenvalue weighted by molar-refractivity contribution is 6.69. The highest BCUT2D eigenvalue weighted by Gasteiger charge is 2.05. The summed E-state index contributed by atoms with van der Waals surface area (Å²) in [7, 11) is 1.79. The number of halogens is 1. The number of rotatable bonds is 1. The molecular formula is C6H8ClN3O. The lowest BCUT2D eigenvalue weighted by Gasteiger charge is -1.88. The van der Waals surface area contributed by atoms with Crippen molar-refractivity contribution in [2.75, 3.05) is 0 Å². The van der Waals surface area contributed by atoms with Crippen molar-refractivity contribution < 1.29 is 5.21 Å². The summed E-state index contributed by atoms with van der Waals surface area (Å²) in [5, 5.41) is 15.1. The van der Waals surface area contributed by atoms with Gasteiger partial charge in [0.2, 0.25) is 0 Å². The lowest BCUT2D eigenvalue weighted by molar-refractivity contribution is 0.320. The predicted octanol–water partition coefficient (Wildman–Crippen LogP) is 1.10. The van der Waals surface area contributed by atoms with Crippen molar-refractivity contribution in [1.82, 2.24) is 9.78 Å². The Morgan fingerprint density at radius 1 is 1.82 bits per heavy atom. The van der Waals surface area contributed by atoms with E-state index in [1.807, 2.05) is 6.92 Å². The normalized spacial score (nSPS) is 12.1. The number of aromatic nitrogens is 2. The quantitative estimate of drug-likeness (QED) is 0.393. The predicted molar refractivity (Wildman–Crippen MR) is 42.1 cm³/mol. The summed E-state index contributed by atoms with van der Waals surface area (Å²) in [5.74, 6) is 0. The van der Waals surface area contributed by atoms with Gasteiger partial charge in [-0.2, -0.15) is 5.10 Å². The van der Waals surface area contributed by atoms with Crippen LogP contribution in [0, 0.1) is 6.92 Å². The number of nitrogens with zero attached hydrogens (tertiary/aromatic N) is 3. The van der Waals surface area contributed by atoms with Gasteiger partial charge < -0.3 is 5.21 Å². The van der Waals surface area contributed by atoms with Gasteiger partial charge in [-0.1, -0.05) is 16.8 Å². The molecular weight excluding hydrogens is 166 g/mol. The standard InChI is InChI=1S/C6H8ClN3O/c1-4-3-5(6(7)9-11)8-10(4)2/h3,11H,1-2H3. The molecule has 5 heteroatoms. The Morgan fingerprint density at radius 3 is 2.82 bits per heavy atom. The van der Waals surface area contributed by atoms with Crippen LogP contribution in [0.3, 0.4) is 0 Å². The van der Waals surface area contributed by atoms with Crippen molar-refractivity contribution in [1.29, 1.82) is 0 Å². The minimum Gasteiger partial charge on any atom is -0.410 e. The fourth-order valence-corrected chi connectivity index (χ4v) is 0.805. The molecule has 4 nitrogen and oxygen atoms in total. The Labute approximate surface area is 69.1 Å². The third-order valence-corrected chi connectivity index (χ3v) is 1.68. The molecule has 0 saturated carbocycles. The van der Waals surface area contributed by atoms with E-state index >= 15 is 0 Å². The smallest absolute Gasteiger partial charge is 0.195 e. The average Bonchev–Trinajstić information content (AvgIpc) is 2.31. The van der Waals surface area contributed by atoms with E-state index in [4.69, 9.17) is 16.8 Å². The van der Waals surface area contributed by atoms with Gasteiger partial charge in [0.1, 0.15) is 5.69 Å². The van der Waals surface area contributed by atoms with Gasteiger partial charge in [0, 0.05) is 12.7 Å². The first kappa shape index (κ1) is 8.07. The van der Waals surface area contributed by atoms with Crippen LogP contribution in [0.1, 0.15) is 11.4 Å². The van der Waals surface area contributed by atoms with E-state index in [9.17, 15) is 0 Å². The molecule has 0 saturated heterocycles. The summed E-state index contributed by atoms with van der Waals surface area (Å²) in [6, 6.07) is 1.74. The van der Waals surface area contributed by atoms with Gasteiger partial charge in [0.05, 0.1) is 0 Å². The summed E-state index contributed by atoms with van der Waals surface area (Å²) in [4.78, 5) is 0. The zero-order chi connectivity index (χ0) is 8.43. The fraction of sp³-hybridized carbons (Fsp3) is 0.333. The Balaban J connectivity index is 3.07. The van der Waals surface area contributed by atoms with Crippen molar-refractivity contribution >= 4 is 16.8 Å². The maximum Gasteiger partial charge on any atom is 0.195 e. The lowest BCUT2D eigenvalue weighted by Crippen LogP contribution is -1.96. The molecule has 1 rings (SSSR count). The van der Waals surface area contributed by atoms with Gasteiger partial charge in [0.25, 0.3) is 0 Å². The number of hydrogen-bond acceptors (Lipinski definition) is 3. The molecule has 11 heavy (non-hydrogen) atoms. The molecule has 0 bridgehead atoms. The van der Waals surface area contributed by atoms with Crippen LogP contribution in [-0.4, -0.2) is 20.2 Å². The van der Waals surface area contributed by atoms with Crippen LogP contribution in [0.4, 0.5) is 0 Å². The van der Waals surface area contributed by atoms with E-state index in [1.165, 1.54) is 0 Å². The molecule has 0 aliphatic carbocycles. The monoisotopic (exact) mass is 173 g/mol. The second-order valence-corrected chi connectivity index (χ2v) is 2.54. The van der Waals surface area contributed by atoms with Gasteiger partial charge in [0.15, 0.2) is 5.17 Å². The van der Waals surface area contributed by atoms with Crippen LogP contribution in [0.5, 0.6) is 0 Å². The molecule has 0 fully saturated rings. The van der Waals surface area contributed by atoms with Gasteiger partial charge in [-0.25, -0.2) is 0 Å². The minimum absolute atomic E-state index is 0.00806. The van der Waals surface area contributed by atoms with Gasteiger partial charge in [-0.15, -0.1) is 0 Å². The van der Waals surface area contributed by atoms with Crippen molar-refractivity contribution in [3.63, 3.8) is 0 Å². The third-order valence-electron chi connectivity index (χ3n) is 1.41. The number of oxime groups is 1. The second kappa shape index (κ2) is 2.92. The largest absolute Gasteiger partial charge is 0.410 e. The van der Waals surface area contributed by atoms with E-state index in [0.29, 0.717) is 5.69 Å². The molecule has 0 aliphatic rings. The molecule has 0 aliphatic heterocycles. The highest BCUT2D eigenvalue weighted by atomic mass is 35.5. The Kier molecular flexibility index (Phi) is 2.14. The molecule has 1 aromatic heterocycles. The Bertz CT molecular complexity index is 273. The van der Waals surface area contributed by atoms with Crippen molar-refractivity contribution in [2.24, 2.45) is 12.2 Å². The van der Waals surface area contributed by atoms with E-state index in [1.54, 1.807) is 17.8 Å². The number of hydrogen-bond donors (Lipinski definition) is 1. The first-order valence-electron chi connectivity index (χ1n) is 3.03. The maximum atomic E-state index is 8.30. The second-order valence-electron chi connectivity index (χ2n) is 2.19. The Hall–Kier alpha value is -1.03. The molecule has 0 unspecified atom stereocenters. The first-order valence-corrected chi connectivity index (χ1v) is 3.41. The molecule has 1 aromatic rings. The van der Waals surface area contributed by atoms with Crippen LogP contribution < -0.4 is 0 Å². The van der Waals surface area contributed by atoms with E-state index in [2.05, 4.69) is 10.3 Å². The van der Waals surface area contributed by atoms with Gasteiger partial charge in [-0.05, 0) is 13.0 Å². The van der Waals surface area contributed by atoms with Crippen LogP contribution in [0.25, 0.3) is 0 Å². The van der Waals surface area contributed by atoms with Crippen LogP contribution >= 0.6 is 11.6 Å². The molecule has 1 N–H and O–H groups in total. The van der Waals surface area contributed by atoms with Crippen LogP contribution in [0.2, 0.25) is 0 Å². The molecule has 60 valence electrons. The van der Waals surface area contributed by atoms with Crippen molar-refractivity contribution in [3.05, 3.63) is 17.5 Å². The molecule has 0 aromatic carbocycles. The van der Waals surface area contributed by atoms with Crippen molar-refractivity contribution in [2.45, 2.75) is 6.92 Å². The van der Waals surface area contributed by atoms with Crippen molar-refractivity contribution in [3.8, 4) is 0 Å². The molecule has 0 atom stereocenters. The summed E-state index contributed by atoms with van der Waals surface area (Å²) < 4.78 is 1.66. The minimum atomic E-state index is 0.00806.